The molecule has 0 spiro atoms. The predicted octanol–water partition coefficient (Wildman–Crippen LogP) is 4.58. The molecule has 0 unspecified atom stereocenters. The van der Waals surface area contributed by atoms with E-state index in [0.29, 0.717) is 10.9 Å². The summed E-state index contributed by atoms with van der Waals surface area (Å²) < 4.78 is 2.89. The molecule has 3 aromatic rings. The van der Waals surface area contributed by atoms with Gasteiger partial charge in [-0.25, -0.2) is 9.97 Å². The van der Waals surface area contributed by atoms with Crippen molar-refractivity contribution in [2.45, 2.75) is 5.88 Å². The smallest absolute Gasteiger partial charge is 0.164 e. The van der Waals surface area contributed by atoms with Crippen molar-refractivity contribution in [1.29, 1.82) is 0 Å². The summed E-state index contributed by atoms with van der Waals surface area (Å²) in [5.74, 6) is 1.04. The number of halogens is 3. The maximum atomic E-state index is 5.99. The molecule has 0 amide bonds. The van der Waals surface area contributed by atoms with Crippen molar-refractivity contribution in [2.24, 2.45) is 0 Å². The zero-order chi connectivity index (χ0) is 13.4. The zero-order valence-electron chi connectivity index (χ0n) is 9.65. The zero-order valence-corrected chi connectivity index (χ0v) is 12.7. The standard InChI is InChI=1S/C13H8BrCl2N3/c14-9-3-1-2-4-11(9)19-12(6-15)18-10-5-8(16)7-17-13(10)19/h1-5,7H,6H2. The van der Waals surface area contributed by atoms with Crippen molar-refractivity contribution in [1.82, 2.24) is 14.5 Å². The first kappa shape index (κ1) is 12.9. The van der Waals surface area contributed by atoms with Gasteiger partial charge in [-0.1, -0.05) is 23.7 Å². The Bertz CT molecular complexity index is 755. The first-order valence-electron chi connectivity index (χ1n) is 5.54. The SMILES string of the molecule is ClCc1nc2cc(Cl)cnc2n1-c1ccccc1Br. The van der Waals surface area contributed by atoms with E-state index < -0.39 is 0 Å². The number of para-hydroxylation sites is 1. The molecular weight excluding hydrogens is 349 g/mol. The van der Waals surface area contributed by atoms with Crippen LogP contribution in [0, 0.1) is 0 Å². The van der Waals surface area contributed by atoms with E-state index in [2.05, 4.69) is 25.9 Å². The Balaban J connectivity index is 2.36. The molecule has 0 fully saturated rings. The molecule has 0 aliphatic carbocycles. The van der Waals surface area contributed by atoms with Crippen LogP contribution in [-0.2, 0) is 5.88 Å². The lowest BCUT2D eigenvalue weighted by atomic mass is 10.3. The van der Waals surface area contributed by atoms with Gasteiger partial charge in [0.2, 0.25) is 0 Å². The summed E-state index contributed by atoms with van der Waals surface area (Å²) in [5.41, 5.74) is 2.43. The average Bonchev–Trinajstić information content (AvgIpc) is 2.76. The van der Waals surface area contributed by atoms with Gasteiger partial charge in [0.05, 0.1) is 16.6 Å². The summed E-state index contributed by atoms with van der Waals surface area (Å²) in [7, 11) is 0. The summed E-state index contributed by atoms with van der Waals surface area (Å²) in [4.78, 5) is 8.83. The quantitative estimate of drug-likeness (QED) is 0.629. The molecule has 0 atom stereocenters. The van der Waals surface area contributed by atoms with E-state index in [-0.39, 0.29) is 0 Å². The minimum absolute atomic E-state index is 0.301. The molecule has 1 aromatic carbocycles. The third kappa shape index (κ3) is 2.24. The number of aromatic nitrogens is 3. The Morgan fingerprint density at radius 2 is 2.05 bits per heavy atom. The number of hydrogen-bond acceptors (Lipinski definition) is 2. The van der Waals surface area contributed by atoms with Gasteiger partial charge in [-0.3, -0.25) is 4.57 Å². The number of pyridine rings is 1. The van der Waals surface area contributed by atoms with Crippen LogP contribution in [0.2, 0.25) is 5.02 Å². The third-order valence-electron chi connectivity index (χ3n) is 2.75. The van der Waals surface area contributed by atoms with E-state index in [9.17, 15) is 0 Å². The Hall–Kier alpha value is -1.10. The maximum absolute atomic E-state index is 5.99. The van der Waals surface area contributed by atoms with Crippen molar-refractivity contribution in [2.75, 3.05) is 0 Å². The molecule has 0 aliphatic heterocycles. The molecule has 0 radical (unpaired) electrons. The lowest BCUT2D eigenvalue weighted by molar-refractivity contribution is 0.965. The fraction of sp³-hybridized carbons (Fsp3) is 0.0769. The second-order valence-corrected chi connectivity index (χ2v) is 5.50. The van der Waals surface area contributed by atoms with Gasteiger partial charge in [0, 0.05) is 10.7 Å². The van der Waals surface area contributed by atoms with Crippen LogP contribution < -0.4 is 0 Å². The van der Waals surface area contributed by atoms with Crippen molar-refractivity contribution < 1.29 is 0 Å². The van der Waals surface area contributed by atoms with Crippen molar-refractivity contribution in [3.05, 3.63) is 51.8 Å². The van der Waals surface area contributed by atoms with Gasteiger partial charge in [0.25, 0.3) is 0 Å². The average molecular weight is 357 g/mol. The Morgan fingerprint density at radius 1 is 1.26 bits per heavy atom. The van der Waals surface area contributed by atoms with E-state index in [0.717, 1.165) is 27.1 Å². The largest absolute Gasteiger partial charge is 0.279 e. The Kier molecular flexibility index (Phi) is 3.48. The van der Waals surface area contributed by atoms with Crippen LogP contribution in [0.3, 0.4) is 0 Å². The van der Waals surface area contributed by atoms with Gasteiger partial charge in [0.15, 0.2) is 5.65 Å². The van der Waals surface area contributed by atoms with E-state index in [1.165, 1.54) is 0 Å². The molecular formula is C13H8BrCl2N3. The molecule has 0 saturated heterocycles. The van der Waals surface area contributed by atoms with Crippen LogP contribution in [0.5, 0.6) is 0 Å². The number of imidazole rings is 1. The van der Waals surface area contributed by atoms with Gasteiger partial charge < -0.3 is 0 Å². The van der Waals surface area contributed by atoms with Gasteiger partial charge >= 0.3 is 0 Å². The second kappa shape index (κ2) is 5.12. The summed E-state index contributed by atoms with van der Waals surface area (Å²) in [5, 5.41) is 0.561. The fourth-order valence-electron chi connectivity index (χ4n) is 1.96. The summed E-state index contributed by atoms with van der Waals surface area (Å²) >= 11 is 15.5. The number of fused-ring (bicyclic) bond motifs is 1. The lowest BCUT2D eigenvalue weighted by Crippen LogP contribution is -2.01. The highest BCUT2D eigenvalue weighted by atomic mass is 79.9. The van der Waals surface area contributed by atoms with Crippen molar-refractivity contribution in [3.8, 4) is 5.69 Å². The lowest BCUT2D eigenvalue weighted by Gasteiger charge is -2.08. The van der Waals surface area contributed by atoms with E-state index in [1.54, 1.807) is 12.3 Å². The minimum Gasteiger partial charge on any atom is -0.279 e. The summed E-state index contributed by atoms with van der Waals surface area (Å²) in [6.07, 6.45) is 1.61. The molecule has 96 valence electrons. The topological polar surface area (TPSA) is 30.7 Å². The number of alkyl halides is 1. The van der Waals surface area contributed by atoms with Crippen LogP contribution in [-0.4, -0.2) is 14.5 Å². The molecule has 0 aliphatic rings. The van der Waals surface area contributed by atoms with Crippen LogP contribution in [0.1, 0.15) is 5.82 Å². The number of hydrogen-bond donors (Lipinski definition) is 0. The van der Waals surface area contributed by atoms with Crippen molar-refractivity contribution in [3.63, 3.8) is 0 Å². The third-order valence-corrected chi connectivity index (χ3v) is 3.86. The van der Waals surface area contributed by atoms with E-state index in [4.69, 9.17) is 23.2 Å². The number of nitrogens with zero attached hydrogens (tertiary/aromatic N) is 3. The minimum atomic E-state index is 0.301. The monoisotopic (exact) mass is 355 g/mol. The van der Waals surface area contributed by atoms with Gasteiger partial charge in [-0.2, -0.15) is 0 Å². The van der Waals surface area contributed by atoms with Crippen LogP contribution in [0.4, 0.5) is 0 Å². The molecule has 2 heterocycles. The normalized spacial score (nSPS) is 11.1. The van der Waals surface area contributed by atoms with Crippen LogP contribution >= 0.6 is 39.1 Å². The van der Waals surface area contributed by atoms with Gasteiger partial charge in [0.1, 0.15) is 11.3 Å². The van der Waals surface area contributed by atoms with E-state index >= 15 is 0 Å². The summed E-state index contributed by atoms with van der Waals surface area (Å²) in [6, 6.07) is 9.65. The molecule has 19 heavy (non-hydrogen) atoms. The first-order chi connectivity index (χ1) is 9.20. The number of rotatable bonds is 2. The molecule has 3 nitrogen and oxygen atoms in total. The highest BCUT2D eigenvalue weighted by Gasteiger charge is 2.14. The van der Waals surface area contributed by atoms with Crippen LogP contribution in [0.25, 0.3) is 16.9 Å². The van der Waals surface area contributed by atoms with Gasteiger partial charge in [-0.15, -0.1) is 11.6 Å². The second-order valence-electron chi connectivity index (χ2n) is 3.94. The molecule has 2 aromatic heterocycles. The van der Waals surface area contributed by atoms with Crippen LogP contribution in [0.15, 0.2) is 41.0 Å². The predicted molar refractivity (Wildman–Crippen MR) is 81.1 cm³/mol. The highest BCUT2D eigenvalue weighted by molar-refractivity contribution is 9.10. The molecule has 6 heteroatoms. The molecule has 3 rings (SSSR count). The Morgan fingerprint density at radius 3 is 2.79 bits per heavy atom. The first-order valence-corrected chi connectivity index (χ1v) is 7.25. The Labute approximate surface area is 128 Å². The highest BCUT2D eigenvalue weighted by Crippen LogP contribution is 2.27. The molecule has 0 bridgehead atoms. The van der Waals surface area contributed by atoms with Crippen molar-refractivity contribution >= 4 is 50.3 Å². The fourth-order valence-corrected chi connectivity index (χ4v) is 2.76. The number of benzene rings is 1. The molecule has 0 N–H and O–H groups in total. The van der Waals surface area contributed by atoms with E-state index in [1.807, 2.05) is 28.8 Å². The van der Waals surface area contributed by atoms with Gasteiger partial charge in [-0.05, 0) is 34.1 Å². The maximum Gasteiger partial charge on any atom is 0.164 e. The summed E-state index contributed by atoms with van der Waals surface area (Å²) in [6.45, 7) is 0. The molecule has 0 saturated carbocycles.